The molecule has 0 aliphatic heterocycles. The van der Waals surface area contributed by atoms with Gasteiger partial charge in [-0.2, -0.15) is 0 Å². The second kappa shape index (κ2) is 6.22. The Morgan fingerprint density at radius 1 is 1.19 bits per heavy atom. The molecule has 0 saturated heterocycles. The highest BCUT2D eigenvalue weighted by molar-refractivity contribution is 5.94. The Labute approximate surface area is 124 Å². The maximum absolute atomic E-state index is 12.2. The molecule has 1 heterocycles. The van der Waals surface area contributed by atoms with Crippen molar-refractivity contribution in [1.29, 1.82) is 0 Å². The highest BCUT2D eigenvalue weighted by atomic mass is 16.3. The van der Waals surface area contributed by atoms with Crippen molar-refractivity contribution in [3.05, 3.63) is 42.1 Å². The van der Waals surface area contributed by atoms with Crippen LogP contribution in [0, 0.1) is 5.92 Å². The third-order valence-corrected chi connectivity index (χ3v) is 4.22. The Morgan fingerprint density at radius 3 is 2.86 bits per heavy atom. The van der Waals surface area contributed by atoms with Crippen LogP contribution in [0.2, 0.25) is 0 Å². The van der Waals surface area contributed by atoms with Gasteiger partial charge in [0.2, 0.25) is 0 Å². The zero-order chi connectivity index (χ0) is 14.7. The van der Waals surface area contributed by atoms with Gasteiger partial charge in [0.05, 0.1) is 11.6 Å². The first-order valence-corrected chi connectivity index (χ1v) is 7.56. The molecule has 0 radical (unpaired) electrons. The lowest BCUT2D eigenvalue weighted by molar-refractivity contribution is 0.0662. The summed E-state index contributed by atoms with van der Waals surface area (Å²) in [5.74, 6) is 0.00156. The molecule has 1 aromatic carbocycles. The van der Waals surface area contributed by atoms with Gasteiger partial charge in [0.25, 0.3) is 5.91 Å². The normalized spacial score (nSPS) is 22.1. The lowest BCUT2D eigenvalue weighted by atomic mass is 9.86. The number of benzene rings is 1. The molecular formula is C17H20N2O2. The molecule has 1 aromatic heterocycles. The van der Waals surface area contributed by atoms with Crippen molar-refractivity contribution in [2.24, 2.45) is 5.92 Å². The van der Waals surface area contributed by atoms with E-state index in [1.165, 1.54) is 0 Å². The van der Waals surface area contributed by atoms with Gasteiger partial charge in [0.1, 0.15) is 5.69 Å². The molecule has 1 aliphatic rings. The Kier molecular flexibility index (Phi) is 4.15. The third kappa shape index (κ3) is 3.22. The van der Waals surface area contributed by atoms with Crippen LogP contribution in [-0.4, -0.2) is 28.6 Å². The van der Waals surface area contributed by atoms with Crippen molar-refractivity contribution in [2.75, 3.05) is 6.54 Å². The van der Waals surface area contributed by atoms with Crippen molar-refractivity contribution < 1.29 is 9.90 Å². The molecule has 4 nitrogen and oxygen atoms in total. The average molecular weight is 284 g/mol. The summed E-state index contributed by atoms with van der Waals surface area (Å²) in [5, 5.41) is 13.9. The average Bonchev–Trinajstić information content (AvgIpc) is 2.53. The van der Waals surface area contributed by atoms with Crippen LogP contribution in [-0.2, 0) is 0 Å². The van der Waals surface area contributed by atoms with Crippen LogP contribution in [0.3, 0.4) is 0 Å². The molecule has 2 atom stereocenters. The lowest BCUT2D eigenvalue weighted by Gasteiger charge is -2.27. The summed E-state index contributed by atoms with van der Waals surface area (Å²) < 4.78 is 0. The number of amides is 1. The van der Waals surface area contributed by atoms with E-state index in [-0.39, 0.29) is 17.9 Å². The number of fused-ring (bicyclic) bond motifs is 1. The fraction of sp³-hybridized carbons (Fsp3) is 0.412. The van der Waals surface area contributed by atoms with Crippen LogP contribution in [0.4, 0.5) is 0 Å². The maximum atomic E-state index is 12.2. The molecule has 110 valence electrons. The van der Waals surface area contributed by atoms with Crippen LogP contribution < -0.4 is 5.32 Å². The Hall–Kier alpha value is -1.94. The lowest BCUT2D eigenvalue weighted by Crippen LogP contribution is -2.36. The van der Waals surface area contributed by atoms with E-state index in [1.807, 2.05) is 30.3 Å². The van der Waals surface area contributed by atoms with E-state index in [0.717, 1.165) is 36.6 Å². The van der Waals surface area contributed by atoms with E-state index < -0.39 is 0 Å². The minimum atomic E-state index is -0.288. The first-order chi connectivity index (χ1) is 10.2. The molecule has 4 heteroatoms. The second-order valence-corrected chi connectivity index (χ2v) is 5.71. The molecule has 1 fully saturated rings. The number of nitrogens with zero attached hydrogens (tertiary/aromatic N) is 1. The number of hydrogen-bond donors (Lipinski definition) is 2. The van der Waals surface area contributed by atoms with Gasteiger partial charge < -0.3 is 10.4 Å². The molecule has 1 aliphatic carbocycles. The number of para-hydroxylation sites is 1. The minimum absolute atomic E-state index is 0.168. The molecule has 1 amide bonds. The van der Waals surface area contributed by atoms with Crippen LogP contribution in [0.25, 0.3) is 10.9 Å². The van der Waals surface area contributed by atoms with Gasteiger partial charge in [-0.1, -0.05) is 37.1 Å². The Balaban J connectivity index is 1.66. The predicted molar refractivity (Wildman–Crippen MR) is 82.0 cm³/mol. The largest absolute Gasteiger partial charge is 0.393 e. The van der Waals surface area contributed by atoms with Gasteiger partial charge in [0.15, 0.2) is 0 Å². The van der Waals surface area contributed by atoms with Gasteiger partial charge in [-0.3, -0.25) is 4.79 Å². The van der Waals surface area contributed by atoms with Gasteiger partial charge in [0, 0.05) is 17.8 Å². The van der Waals surface area contributed by atoms with Crippen LogP contribution in [0.15, 0.2) is 36.4 Å². The van der Waals surface area contributed by atoms with E-state index in [1.54, 1.807) is 6.07 Å². The first-order valence-electron chi connectivity index (χ1n) is 7.56. The number of pyridine rings is 1. The quantitative estimate of drug-likeness (QED) is 0.910. The van der Waals surface area contributed by atoms with E-state index >= 15 is 0 Å². The number of carbonyl (C=O) groups is 1. The molecule has 1 saturated carbocycles. The fourth-order valence-electron chi connectivity index (χ4n) is 2.93. The van der Waals surface area contributed by atoms with Crippen molar-refractivity contribution in [2.45, 2.75) is 31.8 Å². The SMILES string of the molecule is O=C(NCC1CCCCC1O)c1ccc2ccccc2n1. The van der Waals surface area contributed by atoms with Crippen molar-refractivity contribution in [3.8, 4) is 0 Å². The highest BCUT2D eigenvalue weighted by Crippen LogP contribution is 2.23. The second-order valence-electron chi connectivity index (χ2n) is 5.71. The summed E-state index contributed by atoms with van der Waals surface area (Å²) in [4.78, 5) is 16.6. The van der Waals surface area contributed by atoms with E-state index in [9.17, 15) is 9.90 Å². The number of carbonyl (C=O) groups excluding carboxylic acids is 1. The summed E-state index contributed by atoms with van der Waals surface area (Å²) in [6.45, 7) is 0.522. The first kappa shape index (κ1) is 14.0. The summed E-state index contributed by atoms with van der Waals surface area (Å²) in [5.41, 5.74) is 1.25. The van der Waals surface area contributed by atoms with Crippen LogP contribution in [0.1, 0.15) is 36.2 Å². The fourth-order valence-corrected chi connectivity index (χ4v) is 2.93. The molecule has 2 aromatic rings. The number of aliphatic hydroxyl groups is 1. The standard InChI is InChI=1S/C17H20N2O2/c20-16-8-4-2-6-13(16)11-18-17(21)15-10-9-12-5-1-3-7-14(12)19-15/h1,3,5,7,9-10,13,16,20H,2,4,6,8,11H2,(H,18,21). The van der Waals surface area contributed by atoms with Crippen molar-refractivity contribution in [1.82, 2.24) is 10.3 Å². The number of aliphatic hydroxyl groups excluding tert-OH is 1. The summed E-state index contributed by atoms with van der Waals surface area (Å²) in [7, 11) is 0. The van der Waals surface area contributed by atoms with Gasteiger partial charge in [-0.15, -0.1) is 0 Å². The summed E-state index contributed by atoms with van der Waals surface area (Å²) in [6, 6.07) is 11.4. The summed E-state index contributed by atoms with van der Waals surface area (Å²) in [6.07, 6.45) is 3.74. The number of aromatic nitrogens is 1. The number of hydrogen-bond acceptors (Lipinski definition) is 3. The topological polar surface area (TPSA) is 62.2 Å². The highest BCUT2D eigenvalue weighted by Gasteiger charge is 2.23. The molecular weight excluding hydrogens is 264 g/mol. The monoisotopic (exact) mass is 284 g/mol. The molecule has 0 bridgehead atoms. The molecule has 2 N–H and O–H groups in total. The molecule has 0 spiro atoms. The molecule has 21 heavy (non-hydrogen) atoms. The van der Waals surface area contributed by atoms with Gasteiger partial charge in [-0.25, -0.2) is 4.98 Å². The maximum Gasteiger partial charge on any atom is 0.269 e. The van der Waals surface area contributed by atoms with Crippen molar-refractivity contribution >= 4 is 16.8 Å². The van der Waals surface area contributed by atoms with Crippen LogP contribution >= 0.6 is 0 Å². The van der Waals surface area contributed by atoms with Gasteiger partial charge in [-0.05, 0) is 25.0 Å². The number of rotatable bonds is 3. The molecule has 3 rings (SSSR count). The summed E-state index contributed by atoms with van der Waals surface area (Å²) >= 11 is 0. The minimum Gasteiger partial charge on any atom is -0.393 e. The smallest absolute Gasteiger partial charge is 0.269 e. The zero-order valence-corrected chi connectivity index (χ0v) is 12.0. The third-order valence-electron chi connectivity index (χ3n) is 4.22. The van der Waals surface area contributed by atoms with E-state index in [4.69, 9.17) is 0 Å². The molecule has 2 unspecified atom stereocenters. The number of nitrogens with one attached hydrogen (secondary N) is 1. The van der Waals surface area contributed by atoms with E-state index in [0.29, 0.717) is 12.2 Å². The van der Waals surface area contributed by atoms with Crippen LogP contribution in [0.5, 0.6) is 0 Å². The Bertz CT molecular complexity index is 641. The van der Waals surface area contributed by atoms with Gasteiger partial charge >= 0.3 is 0 Å². The zero-order valence-electron chi connectivity index (χ0n) is 12.0. The van der Waals surface area contributed by atoms with E-state index in [2.05, 4.69) is 10.3 Å². The Morgan fingerprint density at radius 2 is 2.00 bits per heavy atom. The van der Waals surface area contributed by atoms with Crippen molar-refractivity contribution in [3.63, 3.8) is 0 Å². The predicted octanol–water partition coefficient (Wildman–Crippen LogP) is 2.52.